The van der Waals surface area contributed by atoms with Crippen molar-refractivity contribution in [1.29, 1.82) is 0 Å². The molecule has 5 aromatic carbocycles. The number of thioether (sulfide) groups is 2. The lowest BCUT2D eigenvalue weighted by molar-refractivity contribution is -0.154. The molecule has 3 aliphatic rings. The Morgan fingerprint density at radius 3 is 1.93 bits per heavy atom. The summed E-state index contributed by atoms with van der Waals surface area (Å²) in [5.74, 6) is -3.63. The van der Waals surface area contributed by atoms with Crippen LogP contribution in [0, 0.1) is 6.92 Å². The van der Waals surface area contributed by atoms with Gasteiger partial charge in [0.05, 0.1) is 5.56 Å². The summed E-state index contributed by atoms with van der Waals surface area (Å²) in [7, 11) is 0. The lowest BCUT2D eigenvalue weighted by atomic mass is 10.0. The van der Waals surface area contributed by atoms with E-state index in [9.17, 15) is 19.2 Å². The largest absolute Gasteiger partial charge is 0.456 e. The van der Waals surface area contributed by atoms with Crippen LogP contribution in [0.4, 0.5) is 5.13 Å². The van der Waals surface area contributed by atoms with Crippen molar-refractivity contribution in [2.24, 2.45) is 5.16 Å². The van der Waals surface area contributed by atoms with Gasteiger partial charge in [-0.1, -0.05) is 126 Å². The number of fused-ring (bicyclic) bond motifs is 3. The van der Waals surface area contributed by atoms with Gasteiger partial charge >= 0.3 is 17.9 Å². The van der Waals surface area contributed by atoms with E-state index in [2.05, 4.69) is 30.5 Å². The van der Waals surface area contributed by atoms with E-state index < -0.39 is 64.7 Å². The normalized spacial score (nSPS) is 16.3. The molecule has 3 aromatic heterocycles. The van der Waals surface area contributed by atoms with Crippen LogP contribution in [0.1, 0.15) is 107 Å². The number of β-lactam (4-membered cyclic amide) rings is 1. The second-order valence-corrected chi connectivity index (χ2v) is 24.0. The van der Waals surface area contributed by atoms with Crippen LogP contribution in [0.25, 0.3) is 5.78 Å². The summed E-state index contributed by atoms with van der Waals surface area (Å²) >= 11 is 3.69. The number of thiazole rings is 1. The number of nitrogens with two attached hydrogens (primary N) is 1. The molecule has 428 valence electrons. The molecule has 0 bridgehead atoms. The van der Waals surface area contributed by atoms with E-state index in [1.165, 1.54) is 44.4 Å². The number of benzene rings is 5. The first-order chi connectivity index (χ1) is 40.4. The Labute approximate surface area is 494 Å². The summed E-state index contributed by atoms with van der Waals surface area (Å²) in [5, 5.41) is 13.0. The lowest BCUT2D eigenvalue weighted by Crippen LogP contribution is -2.71. The average molecular weight is 1190 g/mol. The maximum absolute atomic E-state index is 15.1. The molecule has 0 radical (unpaired) electrons. The van der Waals surface area contributed by atoms with Gasteiger partial charge in [-0.25, -0.2) is 24.4 Å². The van der Waals surface area contributed by atoms with E-state index in [1.54, 1.807) is 53.7 Å². The molecule has 2 atom stereocenters. The minimum absolute atomic E-state index is 0.00811. The van der Waals surface area contributed by atoms with Crippen molar-refractivity contribution in [3.05, 3.63) is 207 Å². The number of carbonyl (C=O) groups is 5. The standard InChI is InChI=1S/C61H55N9O11S3/c1-34-27-45(70-59(63-34)66-51(67-70)57(75)78-50(37-23-15-9-16-24-37)38-25-17-10-18-26-38)82-31-40-32-83-54-47(53(72)69(54)48(40)56(74)77-49(35-19-11-7-12-20-35)36-21-13-8-14-22-36)65-52(71)46(42-33-84-58(62)64-42)68-76-30-39-28-43-44(80-61(5,6)79-43)29-41(39)55(73)81-60(2,3)4/h7-29,33,47,49-50,54H,30-32H2,1-6H3,(H2,62,64)(H,65,71)/b68-46-/t47-,54-/m1/s1. The highest BCUT2D eigenvalue weighted by Gasteiger charge is 2.55. The van der Waals surface area contributed by atoms with Gasteiger partial charge < -0.3 is 39.6 Å². The highest BCUT2D eigenvalue weighted by atomic mass is 32.2. The minimum Gasteiger partial charge on any atom is -0.456 e. The lowest BCUT2D eigenvalue weighted by Gasteiger charge is -2.49. The van der Waals surface area contributed by atoms with Crippen LogP contribution < -0.4 is 20.5 Å². The summed E-state index contributed by atoms with van der Waals surface area (Å²) in [6.45, 7) is 10.1. The average Bonchev–Trinajstić information content (AvgIpc) is 1.54. The zero-order valence-electron chi connectivity index (χ0n) is 46.2. The molecule has 2 amide bonds. The van der Waals surface area contributed by atoms with Gasteiger partial charge in [0.2, 0.25) is 5.79 Å². The summed E-state index contributed by atoms with van der Waals surface area (Å²) in [6.07, 6.45) is -1.61. The molecule has 1 saturated heterocycles. The number of ether oxygens (including phenoxy) is 5. The molecular weight excluding hydrogens is 1130 g/mol. The van der Waals surface area contributed by atoms with E-state index in [4.69, 9.17) is 34.3 Å². The smallest absolute Gasteiger partial charge is 0.379 e. The van der Waals surface area contributed by atoms with Crippen molar-refractivity contribution < 1.29 is 52.5 Å². The maximum atomic E-state index is 15.1. The molecule has 0 unspecified atom stereocenters. The molecule has 6 heterocycles. The fourth-order valence-electron chi connectivity index (χ4n) is 9.51. The van der Waals surface area contributed by atoms with Gasteiger partial charge in [0, 0.05) is 42.0 Å². The summed E-state index contributed by atoms with van der Waals surface area (Å²) in [6, 6.07) is 41.0. The maximum Gasteiger partial charge on any atom is 0.379 e. The number of amides is 2. The third kappa shape index (κ3) is 12.3. The fraction of sp³-hybridized carbons (Fsp3) is 0.246. The Kier molecular flexibility index (Phi) is 16.0. The number of anilines is 1. The molecule has 20 nitrogen and oxygen atoms in total. The summed E-state index contributed by atoms with van der Waals surface area (Å²) < 4.78 is 31.6. The number of aryl methyl sites for hydroxylation is 1. The van der Waals surface area contributed by atoms with Crippen LogP contribution in [0.5, 0.6) is 11.5 Å². The fourth-order valence-corrected chi connectivity index (χ4v) is 12.6. The van der Waals surface area contributed by atoms with Crippen LogP contribution in [0.15, 0.2) is 166 Å². The molecule has 3 N–H and O–H groups in total. The number of hydrogen-bond acceptors (Lipinski definition) is 20. The predicted molar refractivity (Wildman–Crippen MR) is 314 cm³/mol. The molecule has 84 heavy (non-hydrogen) atoms. The molecule has 0 saturated carbocycles. The summed E-state index contributed by atoms with van der Waals surface area (Å²) in [5.41, 5.74) is 9.47. The van der Waals surface area contributed by atoms with Crippen molar-refractivity contribution in [3.63, 3.8) is 0 Å². The highest BCUT2D eigenvalue weighted by molar-refractivity contribution is 8.01. The van der Waals surface area contributed by atoms with Crippen LogP contribution in [0.2, 0.25) is 0 Å². The van der Waals surface area contributed by atoms with E-state index in [0.717, 1.165) is 22.5 Å². The first kappa shape index (κ1) is 56.8. The topological polar surface area (TPSA) is 250 Å². The Hall–Kier alpha value is -9.06. The number of nitrogens with zero attached hydrogens (tertiary/aromatic N) is 7. The van der Waals surface area contributed by atoms with Gasteiger partial charge in [0.1, 0.15) is 40.0 Å². The predicted octanol–water partition coefficient (Wildman–Crippen LogP) is 9.58. The van der Waals surface area contributed by atoms with Gasteiger partial charge in [0.25, 0.3) is 23.4 Å². The minimum atomic E-state index is -1.16. The number of esters is 3. The molecule has 1 fully saturated rings. The number of nitrogens with one attached hydrogen (secondary N) is 1. The number of aromatic nitrogens is 5. The Bertz CT molecular complexity index is 3810. The zero-order valence-corrected chi connectivity index (χ0v) is 48.7. The van der Waals surface area contributed by atoms with Crippen molar-refractivity contribution in [2.45, 2.75) is 88.2 Å². The molecular formula is C61H55N9O11S3. The number of nitrogen functional groups attached to an aromatic ring is 1. The molecule has 23 heteroatoms. The monoisotopic (exact) mass is 1190 g/mol. The zero-order chi connectivity index (χ0) is 58.9. The van der Waals surface area contributed by atoms with E-state index in [0.29, 0.717) is 44.5 Å². The van der Waals surface area contributed by atoms with Gasteiger partial charge in [-0.15, -0.1) is 40.0 Å². The van der Waals surface area contributed by atoms with Gasteiger partial charge in [-0.2, -0.15) is 9.50 Å². The third-order valence-corrected chi connectivity index (χ3v) is 16.3. The van der Waals surface area contributed by atoms with E-state index >= 15 is 4.79 Å². The Morgan fingerprint density at radius 1 is 0.798 bits per heavy atom. The van der Waals surface area contributed by atoms with Crippen molar-refractivity contribution in [2.75, 3.05) is 17.2 Å². The Morgan fingerprint density at radius 2 is 1.37 bits per heavy atom. The first-order valence-corrected chi connectivity index (χ1v) is 29.4. The molecule has 11 rings (SSSR count). The molecule has 0 aliphatic carbocycles. The SMILES string of the molecule is Cc1cc(SCC2=C(C(=O)OC(c3ccccc3)c3ccccc3)N3C(=O)[C@@H](NC(=O)/C(=N\OCc4cc5c(cc4C(=O)OC(C)(C)C)OC(C)(C)O5)c4csc(N)n4)[C@H]3SC2)n2nc(C(=O)OC(c3ccccc3)c3ccccc3)nc2n1. The van der Waals surface area contributed by atoms with Gasteiger partial charge in [-0.05, 0) is 73.7 Å². The number of oxime groups is 1. The van der Waals surface area contributed by atoms with Crippen molar-refractivity contribution in [1.82, 2.24) is 34.8 Å². The van der Waals surface area contributed by atoms with Gasteiger partial charge in [-0.3, -0.25) is 14.5 Å². The molecule has 3 aliphatic heterocycles. The number of hydrogen-bond donors (Lipinski definition) is 2. The number of rotatable bonds is 18. The van der Waals surface area contributed by atoms with Crippen molar-refractivity contribution >= 4 is 81.2 Å². The van der Waals surface area contributed by atoms with Crippen molar-refractivity contribution in [3.8, 4) is 11.5 Å². The van der Waals surface area contributed by atoms with Crippen LogP contribution >= 0.6 is 34.9 Å². The molecule has 8 aromatic rings. The second-order valence-electron chi connectivity index (χ2n) is 21.0. The van der Waals surface area contributed by atoms with E-state index in [-0.39, 0.29) is 57.5 Å². The van der Waals surface area contributed by atoms with Crippen LogP contribution in [-0.4, -0.2) is 99.2 Å². The summed E-state index contributed by atoms with van der Waals surface area (Å²) in [4.78, 5) is 92.3. The van der Waals surface area contributed by atoms with Crippen LogP contribution in [0.3, 0.4) is 0 Å². The quantitative estimate of drug-likeness (QED) is 0.0154. The highest BCUT2D eigenvalue weighted by Crippen LogP contribution is 2.44. The van der Waals surface area contributed by atoms with E-state index in [1.807, 2.05) is 121 Å². The number of carbonyl (C=O) groups excluding carboxylic acids is 5. The van der Waals surface area contributed by atoms with Crippen LogP contribution in [-0.2, 0) is 40.0 Å². The Balaban J connectivity index is 0.874. The third-order valence-electron chi connectivity index (χ3n) is 13.2. The van der Waals surface area contributed by atoms with Gasteiger partial charge in [0.15, 0.2) is 34.6 Å². The molecule has 0 spiro atoms. The second kappa shape index (κ2) is 23.7. The first-order valence-electron chi connectivity index (χ1n) is 26.5.